The summed E-state index contributed by atoms with van der Waals surface area (Å²) in [6, 6.07) is 2.17. The summed E-state index contributed by atoms with van der Waals surface area (Å²) in [7, 11) is 0. The maximum Gasteiger partial charge on any atom is 0.162 e. The molecule has 1 N–H and O–H groups in total. The van der Waals surface area contributed by atoms with E-state index in [0.29, 0.717) is 18.0 Å². The van der Waals surface area contributed by atoms with Crippen molar-refractivity contribution in [2.45, 2.75) is 13.0 Å². The Bertz CT molecular complexity index is 341. The van der Waals surface area contributed by atoms with Gasteiger partial charge >= 0.3 is 0 Å². The molecular formula is C9H9F2NO. The van der Waals surface area contributed by atoms with Gasteiger partial charge in [0, 0.05) is 12.1 Å². The predicted octanol–water partition coefficient (Wildman–Crippen LogP) is 2.16. The molecule has 0 saturated carbocycles. The summed E-state index contributed by atoms with van der Waals surface area (Å²) in [6.45, 7) is 2.47. The van der Waals surface area contributed by atoms with Crippen LogP contribution in [0, 0.1) is 11.6 Å². The summed E-state index contributed by atoms with van der Waals surface area (Å²) < 4.78 is 30.8. The average Bonchev–Trinajstić information content (AvgIpc) is 2.08. The zero-order chi connectivity index (χ0) is 9.42. The van der Waals surface area contributed by atoms with Gasteiger partial charge < -0.3 is 10.1 Å². The highest BCUT2D eigenvalue weighted by Crippen LogP contribution is 2.30. The fourth-order valence-electron chi connectivity index (χ4n) is 1.28. The predicted molar refractivity (Wildman–Crippen MR) is 44.9 cm³/mol. The van der Waals surface area contributed by atoms with E-state index in [0.717, 1.165) is 12.1 Å². The Balaban J connectivity index is 2.43. The second kappa shape index (κ2) is 2.87. The van der Waals surface area contributed by atoms with Gasteiger partial charge in [-0.05, 0) is 6.92 Å². The number of ether oxygens (including phenoxy) is 1. The molecule has 1 heterocycles. The van der Waals surface area contributed by atoms with Crippen molar-refractivity contribution in [2.75, 3.05) is 11.9 Å². The van der Waals surface area contributed by atoms with E-state index in [1.807, 2.05) is 6.92 Å². The minimum absolute atomic E-state index is 0.0163. The lowest BCUT2D eigenvalue weighted by Crippen LogP contribution is -2.27. The van der Waals surface area contributed by atoms with Crippen LogP contribution in [-0.4, -0.2) is 12.6 Å². The molecule has 4 heteroatoms. The lowest BCUT2D eigenvalue weighted by atomic mass is 10.2. The van der Waals surface area contributed by atoms with Gasteiger partial charge in [-0.3, -0.25) is 0 Å². The van der Waals surface area contributed by atoms with E-state index in [2.05, 4.69) is 5.32 Å². The van der Waals surface area contributed by atoms with E-state index in [4.69, 9.17) is 4.74 Å². The molecule has 0 saturated heterocycles. The Kier molecular flexibility index (Phi) is 1.83. The van der Waals surface area contributed by atoms with Crippen molar-refractivity contribution < 1.29 is 13.5 Å². The van der Waals surface area contributed by atoms with E-state index >= 15 is 0 Å². The first-order chi connectivity index (χ1) is 6.16. The van der Waals surface area contributed by atoms with Crippen molar-refractivity contribution in [3.05, 3.63) is 23.8 Å². The Morgan fingerprint density at radius 2 is 2.08 bits per heavy atom. The van der Waals surface area contributed by atoms with E-state index in [1.165, 1.54) is 0 Å². The van der Waals surface area contributed by atoms with Gasteiger partial charge in [0.1, 0.15) is 11.9 Å². The number of halogens is 2. The van der Waals surface area contributed by atoms with E-state index in [-0.39, 0.29) is 6.10 Å². The first-order valence-electron chi connectivity index (χ1n) is 4.06. The molecule has 0 aliphatic carbocycles. The molecule has 2 nitrogen and oxygen atoms in total. The van der Waals surface area contributed by atoms with Crippen LogP contribution in [0.25, 0.3) is 0 Å². The highest BCUT2D eigenvalue weighted by atomic mass is 19.2. The summed E-state index contributed by atoms with van der Waals surface area (Å²) >= 11 is 0. The van der Waals surface area contributed by atoms with E-state index in [1.54, 1.807) is 0 Å². The molecule has 0 amide bonds. The molecule has 0 aromatic heterocycles. The molecule has 0 spiro atoms. The van der Waals surface area contributed by atoms with Gasteiger partial charge in [-0.1, -0.05) is 0 Å². The molecule has 0 fully saturated rings. The Morgan fingerprint density at radius 3 is 2.85 bits per heavy atom. The van der Waals surface area contributed by atoms with Crippen LogP contribution in [0.1, 0.15) is 6.92 Å². The molecule has 0 radical (unpaired) electrons. The summed E-state index contributed by atoms with van der Waals surface area (Å²) in [5.74, 6) is -1.36. The monoisotopic (exact) mass is 185 g/mol. The molecule has 1 aliphatic rings. The highest BCUT2D eigenvalue weighted by molar-refractivity contribution is 5.58. The standard InChI is InChI=1S/C9H9F2NO/c1-5-4-12-8-2-6(10)7(11)3-9(8)13-5/h2-3,5,12H,4H2,1H3. The molecule has 0 bridgehead atoms. The Hall–Kier alpha value is -1.32. The third-order valence-corrected chi connectivity index (χ3v) is 1.93. The van der Waals surface area contributed by atoms with Crippen molar-refractivity contribution >= 4 is 5.69 Å². The van der Waals surface area contributed by atoms with Gasteiger partial charge in [-0.25, -0.2) is 8.78 Å². The van der Waals surface area contributed by atoms with Crippen LogP contribution < -0.4 is 10.1 Å². The van der Waals surface area contributed by atoms with Crippen molar-refractivity contribution in [3.63, 3.8) is 0 Å². The Labute approximate surface area is 74.5 Å². The first kappa shape index (κ1) is 8.29. The maximum atomic E-state index is 12.8. The first-order valence-corrected chi connectivity index (χ1v) is 4.06. The van der Waals surface area contributed by atoms with E-state index < -0.39 is 11.6 Å². The van der Waals surface area contributed by atoms with Gasteiger partial charge in [-0.2, -0.15) is 0 Å². The Morgan fingerprint density at radius 1 is 1.38 bits per heavy atom. The van der Waals surface area contributed by atoms with Gasteiger partial charge in [-0.15, -0.1) is 0 Å². The van der Waals surface area contributed by atoms with Crippen molar-refractivity contribution in [3.8, 4) is 5.75 Å². The second-order valence-corrected chi connectivity index (χ2v) is 3.07. The number of hydrogen-bond donors (Lipinski definition) is 1. The van der Waals surface area contributed by atoms with Crippen LogP contribution in [0.2, 0.25) is 0 Å². The second-order valence-electron chi connectivity index (χ2n) is 3.07. The van der Waals surface area contributed by atoms with Crippen molar-refractivity contribution in [1.82, 2.24) is 0 Å². The van der Waals surface area contributed by atoms with Crippen LogP contribution in [0.5, 0.6) is 5.75 Å². The molecule has 1 aliphatic heterocycles. The number of fused-ring (bicyclic) bond motifs is 1. The number of anilines is 1. The number of benzene rings is 1. The fraction of sp³-hybridized carbons (Fsp3) is 0.333. The topological polar surface area (TPSA) is 21.3 Å². The minimum Gasteiger partial charge on any atom is -0.487 e. The number of hydrogen-bond acceptors (Lipinski definition) is 2. The van der Waals surface area contributed by atoms with Gasteiger partial charge in [0.05, 0.1) is 12.2 Å². The molecule has 1 aromatic rings. The molecule has 1 unspecified atom stereocenters. The zero-order valence-electron chi connectivity index (χ0n) is 7.10. The van der Waals surface area contributed by atoms with Gasteiger partial charge in [0.25, 0.3) is 0 Å². The third-order valence-electron chi connectivity index (χ3n) is 1.93. The van der Waals surface area contributed by atoms with Crippen LogP contribution in [0.15, 0.2) is 12.1 Å². The lowest BCUT2D eigenvalue weighted by Gasteiger charge is -2.24. The molecular weight excluding hydrogens is 176 g/mol. The van der Waals surface area contributed by atoms with Crippen LogP contribution in [0.3, 0.4) is 0 Å². The SMILES string of the molecule is CC1CNc2cc(F)c(F)cc2O1. The summed E-state index contributed by atoms with van der Waals surface area (Å²) in [5, 5.41) is 2.95. The molecule has 70 valence electrons. The normalized spacial score (nSPS) is 20.1. The molecule has 13 heavy (non-hydrogen) atoms. The molecule has 1 atom stereocenters. The largest absolute Gasteiger partial charge is 0.487 e. The number of rotatable bonds is 0. The fourth-order valence-corrected chi connectivity index (χ4v) is 1.28. The average molecular weight is 185 g/mol. The summed E-state index contributed by atoms with van der Waals surface area (Å²) in [6.07, 6.45) is -0.0163. The summed E-state index contributed by atoms with van der Waals surface area (Å²) in [5.41, 5.74) is 0.511. The van der Waals surface area contributed by atoms with E-state index in [9.17, 15) is 8.78 Å². The maximum absolute atomic E-state index is 12.8. The highest BCUT2D eigenvalue weighted by Gasteiger charge is 2.17. The van der Waals surface area contributed by atoms with Crippen LogP contribution in [0.4, 0.5) is 14.5 Å². The van der Waals surface area contributed by atoms with Gasteiger partial charge in [0.15, 0.2) is 11.6 Å². The van der Waals surface area contributed by atoms with Crippen molar-refractivity contribution in [1.29, 1.82) is 0 Å². The van der Waals surface area contributed by atoms with Gasteiger partial charge in [0.2, 0.25) is 0 Å². The van der Waals surface area contributed by atoms with Crippen LogP contribution >= 0.6 is 0 Å². The minimum atomic E-state index is -0.880. The summed E-state index contributed by atoms with van der Waals surface area (Å²) in [4.78, 5) is 0. The van der Waals surface area contributed by atoms with Crippen molar-refractivity contribution in [2.24, 2.45) is 0 Å². The molecule has 1 aromatic carbocycles. The molecule has 2 rings (SSSR count). The van der Waals surface area contributed by atoms with Crippen LogP contribution in [-0.2, 0) is 0 Å². The number of nitrogens with one attached hydrogen (secondary N) is 1. The lowest BCUT2D eigenvalue weighted by molar-refractivity contribution is 0.224. The third kappa shape index (κ3) is 1.43. The smallest absolute Gasteiger partial charge is 0.162 e. The zero-order valence-corrected chi connectivity index (χ0v) is 7.10. The quantitative estimate of drug-likeness (QED) is 0.668.